The van der Waals surface area contributed by atoms with Gasteiger partial charge in [0, 0.05) is 42.2 Å². The molecular formula is C29H36N8O. The molecule has 1 saturated carbocycles. The van der Waals surface area contributed by atoms with Crippen LogP contribution in [0.5, 0.6) is 5.75 Å². The third-order valence-corrected chi connectivity index (χ3v) is 7.28. The normalized spacial score (nSPS) is 18.0. The largest absolute Gasteiger partial charge is 0.489 e. The molecule has 0 bridgehead atoms. The average Bonchev–Trinajstić information content (AvgIpc) is 3.55. The van der Waals surface area contributed by atoms with Crippen LogP contribution in [0.25, 0.3) is 22.2 Å². The van der Waals surface area contributed by atoms with Crippen molar-refractivity contribution < 1.29 is 4.74 Å². The van der Waals surface area contributed by atoms with Gasteiger partial charge in [0.1, 0.15) is 22.8 Å². The lowest BCUT2D eigenvalue weighted by atomic mass is 9.92. The maximum atomic E-state index is 9.55. The Labute approximate surface area is 223 Å². The summed E-state index contributed by atoms with van der Waals surface area (Å²) in [5.41, 5.74) is 3.04. The highest BCUT2D eigenvalue weighted by Crippen LogP contribution is 2.37. The minimum Gasteiger partial charge on any atom is -0.489 e. The number of hydrogen-bond acceptors (Lipinski definition) is 7. The van der Waals surface area contributed by atoms with Gasteiger partial charge in [0.2, 0.25) is 0 Å². The highest BCUT2D eigenvalue weighted by Gasteiger charge is 2.28. The summed E-state index contributed by atoms with van der Waals surface area (Å²) in [6.07, 6.45) is 11.4. The van der Waals surface area contributed by atoms with Crippen molar-refractivity contribution in [2.45, 2.75) is 83.9 Å². The Morgan fingerprint density at radius 3 is 2.68 bits per heavy atom. The number of fused-ring (bicyclic) bond motifs is 1. The Kier molecular flexibility index (Phi) is 7.06. The zero-order valence-corrected chi connectivity index (χ0v) is 22.8. The van der Waals surface area contributed by atoms with Gasteiger partial charge in [0.15, 0.2) is 0 Å². The molecule has 9 heteroatoms. The molecule has 0 aliphatic heterocycles. The van der Waals surface area contributed by atoms with Crippen molar-refractivity contribution in [2.75, 3.05) is 11.9 Å². The first-order valence-corrected chi connectivity index (χ1v) is 13.5. The number of nitriles is 1. The molecule has 1 fully saturated rings. The third-order valence-electron chi connectivity index (χ3n) is 7.28. The second-order valence-electron chi connectivity index (χ2n) is 10.8. The first-order chi connectivity index (χ1) is 18.3. The molecule has 0 atom stereocenters. The highest BCUT2D eigenvalue weighted by atomic mass is 16.5. The molecule has 0 spiro atoms. The van der Waals surface area contributed by atoms with Crippen molar-refractivity contribution in [3.63, 3.8) is 0 Å². The number of hydrogen-bond donors (Lipinski definition) is 1. The molecular weight excluding hydrogens is 476 g/mol. The van der Waals surface area contributed by atoms with Gasteiger partial charge in [-0.3, -0.25) is 14.3 Å². The summed E-state index contributed by atoms with van der Waals surface area (Å²) in [6.45, 7) is 10.8. The summed E-state index contributed by atoms with van der Waals surface area (Å²) in [7, 11) is 0. The molecule has 4 aromatic rings. The van der Waals surface area contributed by atoms with Gasteiger partial charge in [0.25, 0.3) is 0 Å². The predicted octanol–water partition coefficient (Wildman–Crippen LogP) is 6.07. The summed E-state index contributed by atoms with van der Waals surface area (Å²) >= 11 is 0. The molecule has 5 rings (SSSR count). The summed E-state index contributed by atoms with van der Waals surface area (Å²) in [5.74, 6) is 2.05. The van der Waals surface area contributed by atoms with Crippen LogP contribution in [-0.2, 0) is 5.54 Å². The van der Waals surface area contributed by atoms with E-state index in [4.69, 9.17) is 9.84 Å². The highest BCUT2D eigenvalue weighted by molar-refractivity contribution is 5.93. The van der Waals surface area contributed by atoms with Gasteiger partial charge in [-0.15, -0.1) is 0 Å². The maximum Gasteiger partial charge on any atom is 0.143 e. The minimum atomic E-state index is -0.741. The second-order valence-corrected chi connectivity index (χ2v) is 10.8. The average molecular weight is 513 g/mol. The van der Waals surface area contributed by atoms with Crippen molar-refractivity contribution >= 4 is 16.7 Å². The third kappa shape index (κ3) is 4.95. The van der Waals surface area contributed by atoms with E-state index in [9.17, 15) is 5.26 Å². The summed E-state index contributed by atoms with van der Waals surface area (Å²) < 4.78 is 10.3. The number of rotatable bonds is 8. The fourth-order valence-corrected chi connectivity index (χ4v) is 5.13. The van der Waals surface area contributed by atoms with Gasteiger partial charge >= 0.3 is 0 Å². The fraction of sp³-hybridized carbons (Fsp3) is 0.483. The molecule has 0 saturated heterocycles. The first kappa shape index (κ1) is 25.7. The molecule has 0 aromatic carbocycles. The number of nitrogens with one attached hydrogen (secondary N) is 1. The molecule has 4 heterocycles. The Bertz CT molecular complexity index is 1450. The van der Waals surface area contributed by atoms with Crippen LogP contribution in [0.2, 0.25) is 0 Å². The van der Waals surface area contributed by atoms with Crippen LogP contribution >= 0.6 is 0 Å². The summed E-state index contributed by atoms with van der Waals surface area (Å²) in [4.78, 5) is 9.17. The SMILES string of the molecule is CCNc1cc2c(cn1)c(-c1cnn(C(C)(C)C#N)c1)nn2[C@H]1CC[C@@H](Oc2cccnc2C(C)C)CC1. The van der Waals surface area contributed by atoms with E-state index in [1.54, 1.807) is 10.9 Å². The van der Waals surface area contributed by atoms with Crippen LogP contribution in [-0.4, -0.2) is 42.2 Å². The monoisotopic (exact) mass is 512 g/mol. The predicted molar refractivity (Wildman–Crippen MR) is 148 cm³/mol. The molecule has 0 amide bonds. The molecule has 1 N–H and O–H groups in total. The molecule has 1 aliphatic carbocycles. The Morgan fingerprint density at radius 1 is 1.18 bits per heavy atom. The summed E-state index contributed by atoms with van der Waals surface area (Å²) in [6, 6.07) is 8.63. The number of aromatic nitrogens is 6. The van der Waals surface area contributed by atoms with Crippen LogP contribution in [0.3, 0.4) is 0 Å². The molecule has 9 nitrogen and oxygen atoms in total. The Hall–Kier alpha value is -3.93. The van der Waals surface area contributed by atoms with Gasteiger partial charge in [-0.05, 0) is 64.5 Å². The van der Waals surface area contributed by atoms with E-state index < -0.39 is 5.54 Å². The fourth-order valence-electron chi connectivity index (χ4n) is 5.13. The van der Waals surface area contributed by atoms with Crippen molar-refractivity contribution in [1.82, 2.24) is 29.5 Å². The van der Waals surface area contributed by atoms with E-state index in [0.717, 1.165) is 71.6 Å². The summed E-state index contributed by atoms with van der Waals surface area (Å²) in [5, 5.41) is 23.4. The first-order valence-electron chi connectivity index (χ1n) is 13.5. The standard InChI is InChI=1S/C29H36N8O/c1-6-31-26-14-24-23(16-33-26)28(20-15-34-36(17-20)29(4,5)18-30)35-37(24)21-9-11-22(12-10-21)38-25-8-7-13-32-27(25)19(2)3/h7-8,13-17,19,21-22H,6,9-12H2,1-5H3,(H,31,33)/t21-,22+. The van der Waals surface area contributed by atoms with Crippen LogP contribution < -0.4 is 10.1 Å². The quantitative estimate of drug-likeness (QED) is 0.305. The van der Waals surface area contributed by atoms with E-state index in [0.29, 0.717) is 5.92 Å². The lowest BCUT2D eigenvalue weighted by Crippen LogP contribution is -2.26. The molecule has 38 heavy (non-hydrogen) atoms. The second kappa shape index (κ2) is 10.4. The molecule has 0 radical (unpaired) electrons. The molecule has 4 aromatic heterocycles. The van der Waals surface area contributed by atoms with Gasteiger partial charge in [-0.25, -0.2) is 4.98 Å². The zero-order chi connectivity index (χ0) is 26.9. The topological polar surface area (TPSA) is 106 Å². The van der Waals surface area contributed by atoms with E-state index in [1.807, 2.05) is 44.6 Å². The van der Waals surface area contributed by atoms with E-state index >= 15 is 0 Å². The number of ether oxygens (including phenoxy) is 1. The van der Waals surface area contributed by atoms with Crippen molar-refractivity contribution in [1.29, 1.82) is 5.26 Å². The minimum absolute atomic E-state index is 0.166. The zero-order valence-electron chi connectivity index (χ0n) is 22.8. The molecule has 198 valence electrons. The molecule has 1 aliphatic rings. The molecule has 0 unspecified atom stereocenters. The van der Waals surface area contributed by atoms with Crippen LogP contribution in [0.1, 0.15) is 78.0 Å². The number of pyridine rings is 2. The van der Waals surface area contributed by atoms with Crippen LogP contribution in [0.4, 0.5) is 5.82 Å². The lowest BCUT2D eigenvalue weighted by molar-refractivity contribution is 0.129. The van der Waals surface area contributed by atoms with Gasteiger partial charge < -0.3 is 10.1 Å². The van der Waals surface area contributed by atoms with Crippen molar-refractivity contribution in [3.05, 3.63) is 48.7 Å². The van der Waals surface area contributed by atoms with E-state index in [-0.39, 0.29) is 12.1 Å². The van der Waals surface area contributed by atoms with Crippen LogP contribution in [0.15, 0.2) is 43.0 Å². The van der Waals surface area contributed by atoms with Crippen molar-refractivity contribution in [3.8, 4) is 23.1 Å². The maximum absolute atomic E-state index is 9.55. The van der Waals surface area contributed by atoms with Crippen LogP contribution in [0, 0.1) is 11.3 Å². The number of nitrogens with zero attached hydrogens (tertiary/aromatic N) is 7. The van der Waals surface area contributed by atoms with E-state index in [1.165, 1.54) is 0 Å². The Morgan fingerprint density at radius 2 is 1.97 bits per heavy atom. The Balaban J connectivity index is 1.42. The van der Waals surface area contributed by atoms with Crippen molar-refractivity contribution in [2.24, 2.45) is 0 Å². The number of anilines is 1. The smallest absolute Gasteiger partial charge is 0.143 e. The van der Waals surface area contributed by atoms with Gasteiger partial charge in [0.05, 0.1) is 35.6 Å². The van der Waals surface area contributed by atoms with Gasteiger partial charge in [-0.1, -0.05) is 13.8 Å². The van der Waals surface area contributed by atoms with E-state index in [2.05, 4.69) is 58.0 Å². The lowest BCUT2D eigenvalue weighted by Gasteiger charge is -2.30. The van der Waals surface area contributed by atoms with Gasteiger partial charge in [-0.2, -0.15) is 15.5 Å².